The number of amides is 1. The summed E-state index contributed by atoms with van der Waals surface area (Å²) in [5.74, 6) is -1.09. The summed E-state index contributed by atoms with van der Waals surface area (Å²) in [6.45, 7) is 0. The molecule has 0 bridgehead atoms. The van der Waals surface area contributed by atoms with E-state index >= 15 is 0 Å². The molecule has 1 amide bonds. The number of aromatic nitrogens is 1. The average molecular weight is 363 g/mol. The van der Waals surface area contributed by atoms with Gasteiger partial charge in [0.2, 0.25) is 5.91 Å². The van der Waals surface area contributed by atoms with Crippen molar-refractivity contribution in [1.82, 2.24) is 4.98 Å². The van der Waals surface area contributed by atoms with Gasteiger partial charge in [0.1, 0.15) is 6.20 Å². The van der Waals surface area contributed by atoms with Crippen molar-refractivity contribution in [2.24, 2.45) is 0 Å². The van der Waals surface area contributed by atoms with Crippen LogP contribution < -0.4 is 5.32 Å². The summed E-state index contributed by atoms with van der Waals surface area (Å²) >= 11 is 0. The van der Waals surface area contributed by atoms with E-state index in [-0.39, 0.29) is 29.8 Å². The van der Waals surface area contributed by atoms with Crippen LogP contribution in [0.1, 0.15) is 23.5 Å². The molecule has 0 atom stereocenters. The number of carbonyl (C=O) groups is 1. The number of rotatable bonds is 6. The van der Waals surface area contributed by atoms with Crippen molar-refractivity contribution in [2.45, 2.75) is 12.3 Å². The monoisotopic (exact) mass is 363 g/mol. The second kappa shape index (κ2) is 8.09. The Kier molecular flexibility index (Phi) is 5.41. The summed E-state index contributed by atoms with van der Waals surface area (Å²) in [5.41, 5.74) is 1.62. The smallest absolute Gasteiger partial charge is 0.291 e. The van der Waals surface area contributed by atoms with Gasteiger partial charge in [-0.15, -0.1) is 0 Å². The Balaban J connectivity index is 1.80. The quantitative estimate of drug-likeness (QED) is 0.511. The van der Waals surface area contributed by atoms with Crippen LogP contribution in [0, 0.1) is 10.1 Å². The fraction of sp³-hybridized carbons (Fsp3) is 0.100. The molecule has 0 unspecified atom stereocenters. The minimum atomic E-state index is -0.668. The predicted molar refractivity (Wildman–Crippen MR) is 101 cm³/mol. The first-order chi connectivity index (χ1) is 13.0. The van der Waals surface area contributed by atoms with Gasteiger partial charge in [0.05, 0.1) is 11.0 Å². The molecule has 7 heteroatoms. The SMILES string of the molecule is O=C(CC(c1ccccc1)c1ccccc1)Nc1ncc([N+](=O)[O-])cc1O. The number of hydrogen-bond donors (Lipinski definition) is 2. The molecule has 0 aliphatic rings. The van der Waals surface area contributed by atoms with Crippen LogP contribution in [0.25, 0.3) is 0 Å². The van der Waals surface area contributed by atoms with Gasteiger partial charge in [0.15, 0.2) is 11.6 Å². The summed E-state index contributed by atoms with van der Waals surface area (Å²) in [7, 11) is 0. The standard InChI is InChI=1S/C20H17N3O4/c24-18-11-16(23(26)27)13-21-20(18)22-19(25)12-17(14-7-3-1-4-8-14)15-9-5-2-6-10-15/h1-11,13,17,24H,12H2,(H,21,22,25). The number of hydrogen-bond acceptors (Lipinski definition) is 5. The molecule has 0 saturated heterocycles. The number of aromatic hydroxyl groups is 1. The topological polar surface area (TPSA) is 105 Å². The van der Waals surface area contributed by atoms with Crippen molar-refractivity contribution >= 4 is 17.4 Å². The Morgan fingerprint density at radius 3 is 2.11 bits per heavy atom. The number of nitro groups is 1. The lowest BCUT2D eigenvalue weighted by Crippen LogP contribution is -2.17. The van der Waals surface area contributed by atoms with E-state index < -0.39 is 10.7 Å². The summed E-state index contributed by atoms with van der Waals surface area (Å²) in [6.07, 6.45) is 1.12. The second-order valence-electron chi connectivity index (χ2n) is 5.94. The lowest BCUT2D eigenvalue weighted by Gasteiger charge is -2.18. The molecule has 0 saturated carbocycles. The number of nitrogens with one attached hydrogen (secondary N) is 1. The van der Waals surface area contributed by atoms with Gasteiger partial charge in [-0.3, -0.25) is 14.9 Å². The van der Waals surface area contributed by atoms with Crippen molar-refractivity contribution in [1.29, 1.82) is 0 Å². The molecule has 0 aliphatic carbocycles. The van der Waals surface area contributed by atoms with Gasteiger partial charge in [-0.1, -0.05) is 60.7 Å². The van der Waals surface area contributed by atoms with Gasteiger partial charge in [-0.25, -0.2) is 4.98 Å². The summed E-state index contributed by atoms with van der Waals surface area (Å²) in [6, 6.07) is 20.2. The lowest BCUT2D eigenvalue weighted by molar-refractivity contribution is -0.385. The maximum atomic E-state index is 12.5. The zero-order chi connectivity index (χ0) is 19.2. The van der Waals surface area contributed by atoms with E-state index in [1.807, 2.05) is 60.7 Å². The van der Waals surface area contributed by atoms with Crippen molar-refractivity contribution < 1.29 is 14.8 Å². The summed E-state index contributed by atoms with van der Waals surface area (Å²) < 4.78 is 0. The largest absolute Gasteiger partial charge is 0.504 e. The molecule has 0 radical (unpaired) electrons. The Labute approximate surface area is 155 Å². The van der Waals surface area contributed by atoms with Crippen molar-refractivity contribution in [3.63, 3.8) is 0 Å². The highest BCUT2D eigenvalue weighted by atomic mass is 16.6. The van der Waals surface area contributed by atoms with Crippen molar-refractivity contribution in [3.8, 4) is 5.75 Å². The van der Waals surface area contributed by atoms with Crippen molar-refractivity contribution in [2.75, 3.05) is 5.32 Å². The molecule has 0 spiro atoms. The maximum absolute atomic E-state index is 12.5. The highest BCUT2D eigenvalue weighted by Crippen LogP contribution is 2.30. The van der Waals surface area contributed by atoms with E-state index in [1.54, 1.807) is 0 Å². The molecule has 7 nitrogen and oxygen atoms in total. The molecule has 3 rings (SSSR count). The normalized spacial score (nSPS) is 10.6. The molecular weight excluding hydrogens is 346 g/mol. The molecule has 136 valence electrons. The first kappa shape index (κ1) is 18.1. The second-order valence-corrected chi connectivity index (χ2v) is 5.94. The first-order valence-corrected chi connectivity index (χ1v) is 8.27. The van der Waals surface area contributed by atoms with Gasteiger partial charge in [-0.2, -0.15) is 0 Å². The van der Waals surface area contributed by atoms with E-state index in [0.29, 0.717) is 0 Å². The van der Waals surface area contributed by atoms with Gasteiger partial charge in [-0.05, 0) is 11.1 Å². The van der Waals surface area contributed by atoms with Crippen LogP contribution in [0.15, 0.2) is 72.9 Å². The zero-order valence-corrected chi connectivity index (χ0v) is 14.3. The van der Waals surface area contributed by atoms with E-state index in [2.05, 4.69) is 10.3 Å². The Morgan fingerprint density at radius 2 is 1.63 bits per heavy atom. The van der Waals surface area contributed by atoms with E-state index in [4.69, 9.17) is 0 Å². The predicted octanol–water partition coefficient (Wildman–Crippen LogP) is 3.86. The molecule has 2 N–H and O–H groups in total. The Hall–Kier alpha value is -3.74. The third-order valence-electron chi connectivity index (χ3n) is 4.12. The molecular formula is C20H17N3O4. The highest BCUT2D eigenvalue weighted by molar-refractivity contribution is 5.92. The minimum absolute atomic E-state index is 0.106. The van der Waals surface area contributed by atoms with Crippen LogP contribution in [0.4, 0.5) is 11.5 Å². The van der Waals surface area contributed by atoms with Gasteiger partial charge in [0.25, 0.3) is 5.69 Å². The Bertz CT molecular complexity index is 906. The average Bonchev–Trinajstić information content (AvgIpc) is 2.69. The van der Waals surface area contributed by atoms with Crippen LogP contribution in [0.5, 0.6) is 5.75 Å². The third kappa shape index (κ3) is 4.46. The van der Waals surface area contributed by atoms with Crippen LogP contribution in [-0.4, -0.2) is 20.9 Å². The number of nitrogens with zero attached hydrogens (tertiary/aromatic N) is 2. The molecule has 0 fully saturated rings. The van der Waals surface area contributed by atoms with Gasteiger partial charge >= 0.3 is 0 Å². The number of pyridine rings is 1. The zero-order valence-electron chi connectivity index (χ0n) is 14.3. The number of anilines is 1. The van der Waals surface area contributed by atoms with E-state index in [0.717, 1.165) is 23.4 Å². The Morgan fingerprint density at radius 1 is 1.07 bits per heavy atom. The highest BCUT2D eigenvalue weighted by Gasteiger charge is 2.20. The molecule has 3 aromatic rings. The lowest BCUT2D eigenvalue weighted by atomic mass is 9.88. The van der Waals surface area contributed by atoms with Crippen molar-refractivity contribution in [3.05, 3.63) is 94.2 Å². The third-order valence-corrected chi connectivity index (χ3v) is 4.12. The number of carbonyl (C=O) groups excluding carboxylic acids is 1. The van der Waals surface area contributed by atoms with Crippen LogP contribution in [-0.2, 0) is 4.79 Å². The van der Waals surface area contributed by atoms with Crippen LogP contribution in [0.2, 0.25) is 0 Å². The van der Waals surface area contributed by atoms with Gasteiger partial charge < -0.3 is 10.4 Å². The molecule has 0 aliphatic heterocycles. The van der Waals surface area contributed by atoms with Gasteiger partial charge in [0, 0.05) is 12.3 Å². The minimum Gasteiger partial charge on any atom is -0.504 e. The molecule has 1 aromatic heterocycles. The fourth-order valence-corrected chi connectivity index (χ4v) is 2.81. The maximum Gasteiger partial charge on any atom is 0.291 e. The molecule has 27 heavy (non-hydrogen) atoms. The summed E-state index contributed by atoms with van der Waals surface area (Å²) in [5, 5.41) is 23.1. The van der Waals surface area contributed by atoms with E-state index in [1.165, 1.54) is 0 Å². The number of benzene rings is 2. The van der Waals surface area contributed by atoms with Crippen LogP contribution >= 0.6 is 0 Å². The van der Waals surface area contributed by atoms with Crippen LogP contribution in [0.3, 0.4) is 0 Å². The van der Waals surface area contributed by atoms with E-state index in [9.17, 15) is 20.0 Å². The first-order valence-electron chi connectivity index (χ1n) is 8.27. The molecule has 1 heterocycles. The molecule has 2 aromatic carbocycles. The fourth-order valence-electron chi connectivity index (χ4n) is 2.81. The summed E-state index contributed by atoms with van der Waals surface area (Å²) in [4.78, 5) is 26.4.